The predicted octanol–water partition coefficient (Wildman–Crippen LogP) is 5.50. The molecule has 1 N–H and O–H groups in total. The average molecular weight is 442 g/mol. The Morgan fingerprint density at radius 2 is 1.56 bits per heavy atom. The molecule has 1 unspecified atom stereocenters. The quantitative estimate of drug-likeness (QED) is 0.416. The summed E-state index contributed by atoms with van der Waals surface area (Å²) in [5.41, 5.74) is 0.357. The topological polar surface area (TPSA) is 57.6 Å². The second kappa shape index (κ2) is 7.90. The second-order valence-electron chi connectivity index (χ2n) is 7.99. The number of hydrogen-bond acceptors (Lipinski definition) is 3. The molecular formula is C27H20ClNO3. The Bertz CT molecular complexity index is 1360. The Kier molecular flexibility index (Phi) is 5.04. The van der Waals surface area contributed by atoms with Gasteiger partial charge in [0.05, 0.1) is 23.7 Å². The van der Waals surface area contributed by atoms with Crippen molar-refractivity contribution in [3.63, 3.8) is 0 Å². The minimum absolute atomic E-state index is 0.291. The van der Waals surface area contributed by atoms with Crippen molar-refractivity contribution in [3.05, 3.63) is 113 Å². The van der Waals surface area contributed by atoms with Gasteiger partial charge in [0.15, 0.2) is 11.4 Å². The van der Waals surface area contributed by atoms with Gasteiger partial charge >= 0.3 is 0 Å². The highest BCUT2D eigenvalue weighted by molar-refractivity contribution is 6.34. The van der Waals surface area contributed by atoms with E-state index < -0.39 is 11.5 Å². The summed E-state index contributed by atoms with van der Waals surface area (Å²) < 4.78 is 0. The number of Topliss-reactive ketones (excluding diaryl/α,β-unsaturated/α-hetero) is 1. The number of nitrogens with zero attached hydrogens (tertiary/aromatic N) is 1. The molecule has 0 saturated heterocycles. The number of anilines is 1. The highest BCUT2D eigenvalue weighted by Gasteiger charge is 2.50. The molecule has 4 aromatic rings. The zero-order valence-electron chi connectivity index (χ0n) is 17.2. The highest BCUT2D eigenvalue weighted by Crippen LogP contribution is 2.44. The van der Waals surface area contributed by atoms with Crippen molar-refractivity contribution in [1.29, 1.82) is 0 Å². The lowest BCUT2D eigenvalue weighted by molar-refractivity contribution is -0.136. The molecule has 158 valence electrons. The monoisotopic (exact) mass is 441 g/mol. The maximum absolute atomic E-state index is 13.6. The van der Waals surface area contributed by atoms with E-state index in [2.05, 4.69) is 0 Å². The van der Waals surface area contributed by atoms with Crippen molar-refractivity contribution < 1.29 is 14.7 Å². The molecule has 0 aromatic heterocycles. The first-order valence-corrected chi connectivity index (χ1v) is 10.7. The summed E-state index contributed by atoms with van der Waals surface area (Å²) in [6.07, 6.45) is -0.376. The maximum atomic E-state index is 13.6. The van der Waals surface area contributed by atoms with Crippen molar-refractivity contribution in [3.8, 4) is 0 Å². The van der Waals surface area contributed by atoms with E-state index in [1.54, 1.807) is 47.4 Å². The first-order valence-electron chi connectivity index (χ1n) is 10.4. The minimum Gasteiger partial charge on any atom is -0.375 e. The number of carbonyl (C=O) groups is 2. The van der Waals surface area contributed by atoms with Gasteiger partial charge in [0.1, 0.15) is 0 Å². The number of hydrogen-bond donors (Lipinski definition) is 1. The van der Waals surface area contributed by atoms with Crippen LogP contribution in [0.25, 0.3) is 10.8 Å². The zero-order valence-corrected chi connectivity index (χ0v) is 17.9. The van der Waals surface area contributed by atoms with E-state index in [-0.39, 0.29) is 12.2 Å². The molecule has 0 saturated carbocycles. The highest BCUT2D eigenvalue weighted by atomic mass is 35.5. The standard InChI is InChI=1S/C27H20ClNO3/c28-23-14-5-3-12-21(23)25(30)16-27(32)22-13-4-6-15-24(22)29(26(27)31)17-19-10-7-9-18-8-1-2-11-20(18)19/h1-15,32H,16-17H2. The molecule has 0 radical (unpaired) electrons. The lowest BCUT2D eigenvalue weighted by Gasteiger charge is -2.23. The lowest BCUT2D eigenvalue weighted by atomic mass is 9.88. The number of fused-ring (bicyclic) bond motifs is 2. The summed E-state index contributed by atoms with van der Waals surface area (Å²) in [6, 6.07) is 27.7. The molecule has 0 spiro atoms. The Hall–Kier alpha value is -3.47. The predicted molar refractivity (Wildman–Crippen MR) is 126 cm³/mol. The molecule has 1 heterocycles. The maximum Gasteiger partial charge on any atom is 0.264 e. The summed E-state index contributed by atoms with van der Waals surface area (Å²) in [4.78, 5) is 28.1. The average Bonchev–Trinajstić information content (AvgIpc) is 3.01. The Morgan fingerprint density at radius 1 is 0.875 bits per heavy atom. The third kappa shape index (κ3) is 3.29. The van der Waals surface area contributed by atoms with Gasteiger partial charge in [-0.1, -0.05) is 84.4 Å². The normalized spacial score (nSPS) is 17.6. The van der Waals surface area contributed by atoms with Crippen LogP contribution in [0.5, 0.6) is 0 Å². The molecule has 5 heteroatoms. The van der Waals surface area contributed by atoms with Crippen LogP contribution in [0.4, 0.5) is 5.69 Å². The summed E-state index contributed by atoms with van der Waals surface area (Å²) >= 11 is 6.18. The molecule has 4 nitrogen and oxygen atoms in total. The van der Waals surface area contributed by atoms with E-state index in [4.69, 9.17) is 11.6 Å². The van der Waals surface area contributed by atoms with Gasteiger partial charge in [-0.3, -0.25) is 9.59 Å². The van der Waals surface area contributed by atoms with Crippen molar-refractivity contribution in [1.82, 2.24) is 0 Å². The van der Waals surface area contributed by atoms with Crippen molar-refractivity contribution in [2.24, 2.45) is 0 Å². The molecule has 0 fully saturated rings. The summed E-state index contributed by atoms with van der Waals surface area (Å²) in [5.74, 6) is -0.889. The number of para-hydroxylation sites is 1. The van der Waals surface area contributed by atoms with E-state index >= 15 is 0 Å². The Balaban J connectivity index is 1.53. The van der Waals surface area contributed by atoms with Crippen LogP contribution in [-0.4, -0.2) is 16.8 Å². The zero-order chi connectivity index (χ0) is 22.3. The molecule has 0 aliphatic carbocycles. The molecule has 1 aliphatic rings. The number of aliphatic hydroxyl groups is 1. The first-order chi connectivity index (χ1) is 15.5. The Labute approximate surface area is 190 Å². The van der Waals surface area contributed by atoms with Crippen LogP contribution in [0.1, 0.15) is 27.9 Å². The van der Waals surface area contributed by atoms with Crippen molar-refractivity contribution in [2.75, 3.05) is 4.90 Å². The van der Waals surface area contributed by atoms with Gasteiger partial charge in [-0.15, -0.1) is 0 Å². The van der Waals surface area contributed by atoms with Gasteiger partial charge < -0.3 is 10.0 Å². The fraction of sp³-hybridized carbons (Fsp3) is 0.111. The molecule has 4 aromatic carbocycles. The summed E-state index contributed by atoms with van der Waals surface area (Å²) in [6.45, 7) is 0.291. The van der Waals surface area contributed by atoms with Gasteiger partial charge in [-0.2, -0.15) is 0 Å². The van der Waals surface area contributed by atoms with Crippen LogP contribution in [-0.2, 0) is 16.9 Å². The van der Waals surface area contributed by atoms with Gasteiger partial charge in [0, 0.05) is 11.1 Å². The molecule has 5 rings (SSSR count). The number of rotatable bonds is 5. The SMILES string of the molecule is O=C(CC1(O)C(=O)N(Cc2cccc3ccccc23)c2ccccc21)c1ccccc1Cl. The first kappa shape index (κ1) is 20.4. The van der Waals surface area contributed by atoms with Crippen molar-refractivity contribution in [2.45, 2.75) is 18.6 Å². The van der Waals surface area contributed by atoms with Crippen molar-refractivity contribution >= 4 is 39.8 Å². The molecule has 1 aliphatic heterocycles. The van der Waals surface area contributed by atoms with E-state index in [9.17, 15) is 14.7 Å². The molecule has 32 heavy (non-hydrogen) atoms. The fourth-order valence-electron chi connectivity index (χ4n) is 4.45. The molecule has 1 amide bonds. The summed E-state index contributed by atoms with van der Waals surface area (Å²) in [5, 5.41) is 14.0. The van der Waals surface area contributed by atoms with E-state index in [0.29, 0.717) is 28.4 Å². The smallest absolute Gasteiger partial charge is 0.264 e. The number of ketones is 1. The van der Waals surface area contributed by atoms with Gasteiger partial charge in [-0.25, -0.2) is 0 Å². The minimum atomic E-state index is -1.95. The molecule has 1 atom stereocenters. The van der Waals surface area contributed by atoms with Crippen LogP contribution >= 0.6 is 11.6 Å². The van der Waals surface area contributed by atoms with Crippen LogP contribution in [0.15, 0.2) is 91.0 Å². The third-order valence-corrected chi connectivity index (χ3v) is 6.37. The van der Waals surface area contributed by atoms with Gasteiger partial charge in [0.2, 0.25) is 0 Å². The van der Waals surface area contributed by atoms with E-state index in [1.807, 2.05) is 48.5 Å². The number of benzene rings is 4. The number of amides is 1. The van der Waals surface area contributed by atoms with Crippen LogP contribution in [0.2, 0.25) is 5.02 Å². The number of carbonyl (C=O) groups excluding carboxylic acids is 2. The fourth-order valence-corrected chi connectivity index (χ4v) is 4.69. The van der Waals surface area contributed by atoms with Crippen LogP contribution < -0.4 is 4.90 Å². The Morgan fingerprint density at radius 3 is 2.41 bits per heavy atom. The largest absolute Gasteiger partial charge is 0.375 e. The lowest BCUT2D eigenvalue weighted by Crippen LogP contribution is -2.41. The number of halogens is 1. The molecular weight excluding hydrogens is 422 g/mol. The van der Waals surface area contributed by atoms with E-state index in [1.165, 1.54) is 0 Å². The van der Waals surface area contributed by atoms with Gasteiger partial charge in [0.25, 0.3) is 5.91 Å². The van der Waals surface area contributed by atoms with Crippen LogP contribution in [0, 0.1) is 0 Å². The van der Waals surface area contributed by atoms with Crippen LogP contribution in [0.3, 0.4) is 0 Å². The third-order valence-electron chi connectivity index (χ3n) is 6.04. The van der Waals surface area contributed by atoms with Gasteiger partial charge in [-0.05, 0) is 34.5 Å². The summed E-state index contributed by atoms with van der Waals surface area (Å²) in [7, 11) is 0. The second-order valence-corrected chi connectivity index (χ2v) is 8.39. The molecule has 0 bridgehead atoms. The van der Waals surface area contributed by atoms with E-state index in [0.717, 1.165) is 16.3 Å².